The van der Waals surface area contributed by atoms with Crippen molar-refractivity contribution in [1.29, 1.82) is 0 Å². The van der Waals surface area contributed by atoms with E-state index in [1.165, 1.54) is 12.0 Å². The van der Waals surface area contributed by atoms with E-state index in [-0.39, 0.29) is 22.9 Å². The fraction of sp³-hybridized carbons (Fsp3) is 0.852. The molecule has 4 heteroatoms. The van der Waals surface area contributed by atoms with Gasteiger partial charge < -0.3 is 9.84 Å². The second-order valence-corrected chi connectivity index (χ2v) is 11.3. The highest BCUT2D eigenvalue weighted by Crippen LogP contribution is 2.65. The highest BCUT2D eigenvalue weighted by molar-refractivity contribution is 5.87. The molecule has 31 heavy (non-hydrogen) atoms. The van der Waals surface area contributed by atoms with Crippen molar-refractivity contribution in [3.05, 3.63) is 11.6 Å². The van der Waals surface area contributed by atoms with Crippen LogP contribution in [0.5, 0.6) is 0 Å². The number of carbonyl (C=O) groups is 2. The molecule has 174 valence electrons. The maximum absolute atomic E-state index is 12.6. The molecule has 0 radical (unpaired) electrons. The minimum atomic E-state index is -0.239. The zero-order chi connectivity index (χ0) is 22.2. The lowest BCUT2D eigenvalue weighted by Gasteiger charge is -2.61. The molecule has 1 N–H and O–H groups in total. The van der Waals surface area contributed by atoms with Gasteiger partial charge in [-0.15, -0.1) is 0 Å². The molecule has 4 fully saturated rings. The standard InChI is InChI=1S/C27H42O4/c1-4-31-25(30)9-7-5-6-8-18-12-14-26(2)21-13-15-27(3)20(10-11-24(27)29)19(21)17-23(28)22(26)16-18/h8,19-23,28H,4-7,9-17H2,1-3H3/b18-8-/t19?,20?,21?,22?,23-,26+,27?/m0/s1. The van der Waals surface area contributed by atoms with Crippen LogP contribution in [-0.2, 0) is 14.3 Å². The Labute approximate surface area is 188 Å². The molecule has 4 aliphatic carbocycles. The Hall–Kier alpha value is -1.16. The van der Waals surface area contributed by atoms with E-state index < -0.39 is 0 Å². The van der Waals surface area contributed by atoms with Crippen LogP contribution < -0.4 is 0 Å². The van der Waals surface area contributed by atoms with Crippen LogP contribution in [0.4, 0.5) is 0 Å². The molecule has 4 saturated carbocycles. The molecule has 4 rings (SSSR count). The van der Waals surface area contributed by atoms with Crippen molar-refractivity contribution in [2.45, 2.75) is 104 Å². The molecular formula is C27H42O4. The molecule has 4 aliphatic rings. The smallest absolute Gasteiger partial charge is 0.305 e. The summed E-state index contributed by atoms with van der Waals surface area (Å²) in [5, 5.41) is 11.3. The predicted molar refractivity (Wildman–Crippen MR) is 121 cm³/mol. The summed E-state index contributed by atoms with van der Waals surface area (Å²) in [4.78, 5) is 24.1. The Morgan fingerprint density at radius 2 is 1.94 bits per heavy atom. The normalized spacial score (nSPS) is 43.3. The molecule has 0 aromatic rings. The van der Waals surface area contributed by atoms with Gasteiger partial charge in [0.1, 0.15) is 5.78 Å². The number of hydrogen-bond acceptors (Lipinski definition) is 4. The van der Waals surface area contributed by atoms with Gasteiger partial charge in [-0.1, -0.05) is 25.5 Å². The van der Waals surface area contributed by atoms with Crippen molar-refractivity contribution in [3.63, 3.8) is 0 Å². The number of unbranched alkanes of at least 4 members (excludes halogenated alkanes) is 2. The largest absolute Gasteiger partial charge is 0.466 e. The van der Waals surface area contributed by atoms with Crippen molar-refractivity contribution in [2.75, 3.05) is 6.61 Å². The first kappa shape index (κ1) is 23.0. The second kappa shape index (κ2) is 9.00. The molecular weight excluding hydrogens is 388 g/mol. The maximum Gasteiger partial charge on any atom is 0.305 e. The van der Waals surface area contributed by atoms with Gasteiger partial charge in [0.15, 0.2) is 0 Å². The minimum Gasteiger partial charge on any atom is -0.466 e. The number of aliphatic hydroxyl groups excluding tert-OH is 1. The summed E-state index contributed by atoms with van der Waals surface area (Å²) in [6.07, 6.45) is 13.8. The first-order valence-corrected chi connectivity index (χ1v) is 12.8. The summed E-state index contributed by atoms with van der Waals surface area (Å²) in [5.74, 6) is 2.42. The molecule has 0 aromatic carbocycles. The van der Waals surface area contributed by atoms with E-state index in [1.54, 1.807) is 0 Å². The topological polar surface area (TPSA) is 63.6 Å². The molecule has 0 bridgehead atoms. The minimum absolute atomic E-state index is 0.0870. The van der Waals surface area contributed by atoms with Crippen LogP contribution in [0.3, 0.4) is 0 Å². The molecule has 0 spiro atoms. The van der Waals surface area contributed by atoms with E-state index >= 15 is 0 Å². The Balaban J connectivity index is 1.37. The number of rotatable bonds is 6. The lowest BCUT2D eigenvalue weighted by molar-refractivity contribution is -0.155. The number of aliphatic hydroxyl groups is 1. The first-order valence-electron chi connectivity index (χ1n) is 12.8. The third kappa shape index (κ3) is 4.14. The van der Waals surface area contributed by atoms with E-state index in [1.807, 2.05) is 6.92 Å². The number of esters is 1. The summed E-state index contributed by atoms with van der Waals surface area (Å²) < 4.78 is 5.00. The van der Waals surface area contributed by atoms with E-state index in [2.05, 4.69) is 19.9 Å². The van der Waals surface area contributed by atoms with Crippen molar-refractivity contribution < 1.29 is 19.4 Å². The van der Waals surface area contributed by atoms with Crippen LogP contribution in [0.2, 0.25) is 0 Å². The Morgan fingerprint density at radius 1 is 1.13 bits per heavy atom. The molecule has 7 atom stereocenters. The van der Waals surface area contributed by atoms with Gasteiger partial charge in [-0.3, -0.25) is 9.59 Å². The summed E-state index contributed by atoms with van der Waals surface area (Å²) >= 11 is 0. The Morgan fingerprint density at radius 3 is 2.71 bits per heavy atom. The van der Waals surface area contributed by atoms with E-state index in [0.717, 1.165) is 64.2 Å². The second-order valence-electron chi connectivity index (χ2n) is 11.3. The van der Waals surface area contributed by atoms with Gasteiger partial charge in [0.25, 0.3) is 0 Å². The van der Waals surface area contributed by atoms with Gasteiger partial charge in [0.2, 0.25) is 0 Å². The lowest BCUT2D eigenvalue weighted by Crippen LogP contribution is -2.57. The van der Waals surface area contributed by atoms with Crippen molar-refractivity contribution in [2.24, 2.45) is 34.5 Å². The third-order valence-corrected chi connectivity index (χ3v) is 9.86. The highest BCUT2D eigenvalue weighted by Gasteiger charge is 2.61. The van der Waals surface area contributed by atoms with E-state index in [9.17, 15) is 14.7 Å². The molecule has 0 heterocycles. The summed E-state index contributed by atoms with van der Waals surface area (Å²) in [7, 11) is 0. The average Bonchev–Trinajstić information content (AvgIpc) is 3.04. The van der Waals surface area contributed by atoms with Crippen LogP contribution in [0, 0.1) is 34.5 Å². The average molecular weight is 431 g/mol. The van der Waals surface area contributed by atoms with Gasteiger partial charge in [0.05, 0.1) is 12.7 Å². The van der Waals surface area contributed by atoms with Crippen LogP contribution >= 0.6 is 0 Å². The van der Waals surface area contributed by atoms with Crippen LogP contribution in [0.25, 0.3) is 0 Å². The number of hydrogen-bond donors (Lipinski definition) is 1. The zero-order valence-electron chi connectivity index (χ0n) is 19.8. The summed E-state index contributed by atoms with van der Waals surface area (Å²) in [5.41, 5.74) is 1.59. The summed E-state index contributed by atoms with van der Waals surface area (Å²) in [6.45, 7) is 6.98. The number of ketones is 1. The molecule has 0 aliphatic heterocycles. The van der Waals surface area contributed by atoms with Crippen LogP contribution in [-0.4, -0.2) is 29.6 Å². The fourth-order valence-corrected chi connectivity index (χ4v) is 8.06. The molecule has 0 aromatic heterocycles. The zero-order valence-corrected chi connectivity index (χ0v) is 19.8. The highest BCUT2D eigenvalue weighted by atomic mass is 16.5. The van der Waals surface area contributed by atoms with Gasteiger partial charge in [-0.25, -0.2) is 0 Å². The SMILES string of the molecule is CCOC(=O)CCCC/C=C1/CC[C@]2(C)C3CCC4(C)C(=O)CCC4C3C[C@H](O)C2C1. The summed E-state index contributed by atoms with van der Waals surface area (Å²) in [6, 6.07) is 0. The lowest BCUT2D eigenvalue weighted by atomic mass is 9.44. The van der Waals surface area contributed by atoms with Crippen molar-refractivity contribution >= 4 is 11.8 Å². The van der Waals surface area contributed by atoms with Gasteiger partial charge >= 0.3 is 5.97 Å². The third-order valence-electron chi connectivity index (χ3n) is 9.86. The Bertz CT molecular complexity index is 727. The van der Waals surface area contributed by atoms with Crippen molar-refractivity contribution in [3.8, 4) is 0 Å². The van der Waals surface area contributed by atoms with Gasteiger partial charge in [-0.2, -0.15) is 0 Å². The molecule has 4 nitrogen and oxygen atoms in total. The number of Topliss-reactive ketones (excluding diaryl/α,β-unsaturated/α-hetero) is 1. The fourth-order valence-electron chi connectivity index (χ4n) is 8.06. The van der Waals surface area contributed by atoms with Gasteiger partial charge in [0, 0.05) is 18.3 Å². The first-order chi connectivity index (χ1) is 14.8. The van der Waals surface area contributed by atoms with E-state index in [4.69, 9.17) is 4.74 Å². The van der Waals surface area contributed by atoms with Crippen molar-refractivity contribution in [1.82, 2.24) is 0 Å². The maximum atomic E-state index is 12.6. The predicted octanol–water partition coefficient (Wildman–Crippen LogP) is 5.62. The molecule has 5 unspecified atom stereocenters. The Kier molecular flexibility index (Phi) is 6.68. The number of carbonyl (C=O) groups excluding carboxylic acids is 2. The quantitative estimate of drug-likeness (QED) is 0.337. The number of ether oxygens (including phenoxy) is 1. The van der Waals surface area contributed by atoms with E-state index in [0.29, 0.717) is 42.5 Å². The van der Waals surface area contributed by atoms with Crippen LogP contribution in [0.1, 0.15) is 97.8 Å². The number of fused-ring (bicyclic) bond motifs is 5. The monoisotopic (exact) mass is 430 g/mol. The van der Waals surface area contributed by atoms with Gasteiger partial charge in [-0.05, 0) is 100 Å². The molecule has 0 amide bonds. The molecule has 0 saturated heterocycles. The van der Waals surface area contributed by atoms with Crippen LogP contribution in [0.15, 0.2) is 11.6 Å². The number of allylic oxidation sites excluding steroid dienone is 2.